The lowest BCUT2D eigenvalue weighted by atomic mass is 9.91. The average molecular weight is 250 g/mol. The van der Waals surface area contributed by atoms with Gasteiger partial charge in [0.1, 0.15) is 0 Å². The molecule has 1 aromatic carbocycles. The van der Waals surface area contributed by atoms with E-state index >= 15 is 0 Å². The van der Waals surface area contributed by atoms with Crippen LogP contribution in [-0.2, 0) is 4.79 Å². The van der Waals surface area contributed by atoms with Crippen molar-refractivity contribution in [2.45, 2.75) is 53.4 Å². The molecule has 1 aromatic rings. The second-order valence-electron chi connectivity index (χ2n) is 5.26. The van der Waals surface area contributed by atoms with E-state index in [0.29, 0.717) is 12.3 Å². The SMILES string of the molecule is CCC(C)(C)C(=O)O.CCC(C)c1ccccc1. The van der Waals surface area contributed by atoms with Crippen molar-refractivity contribution in [3.63, 3.8) is 0 Å². The highest BCUT2D eigenvalue weighted by atomic mass is 16.4. The van der Waals surface area contributed by atoms with Gasteiger partial charge in [-0.15, -0.1) is 0 Å². The van der Waals surface area contributed by atoms with Crippen molar-refractivity contribution in [1.29, 1.82) is 0 Å². The van der Waals surface area contributed by atoms with Crippen LogP contribution in [0, 0.1) is 5.41 Å². The Hall–Kier alpha value is -1.31. The largest absolute Gasteiger partial charge is 0.481 e. The van der Waals surface area contributed by atoms with Gasteiger partial charge in [0, 0.05) is 0 Å². The smallest absolute Gasteiger partial charge is 0.309 e. The summed E-state index contributed by atoms with van der Waals surface area (Å²) in [5, 5.41) is 8.44. The van der Waals surface area contributed by atoms with Gasteiger partial charge in [-0.3, -0.25) is 4.79 Å². The highest BCUT2D eigenvalue weighted by Gasteiger charge is 2.23. The van der Waals surface area contributed by atoms with Crippen LogP contribution in [0.1, 0.15) is 58.9 Å². The number of benzene rings is 1. The predicted molar refractivity (Wildman–Crippen MR) is 76.9 cm³/mol. The summed E-state index contributed by atoms with van der Waals surface area (Å²) in [6, 6.07) is 10.6. The minimum atomic E-state index is -0.722. The molecular weight excluding hydrogens is 224 g/mol. The van der Waals surface area contributed by atoms with Gasteiger partial charge in [-0.25, -0.2) is 0 Å². The van der Waals surface area contributed by atoms with Gasteiger partial charge >= 0.3 is 5.97 Å². The van der Waals surface area contributed by atoms with Gasteiger partial charge in [0.25, 0.3) is 0 Å². The van der Waals surface area contributed by atoms with Crippen molar-refractivity contribution in [3.05, 3.63) is 35.9 Å². The van der Waals surface area contributed by atoms with E-state index < -0.39 is 11.4 Å². The molecule has 0 bridgehead atoms. The summed E-state index contributed by atoms with van der Waals surface area (Å²) < 4.78 is 0. The molecule has 1 unspecified atom stereocenters. The van der Waals surface area contributed by atoms with E-state index in [4.69, 9.17) is 5.11 Å². The number of aliphatic carboxylic acids is 1. The second kappa shape index (κ2) is 7.91. The normalized spacial score (nSPS) is 12.3. The molecule has 0 amide bonds. The van der Waals surface area contributed by atoms with E-state index in [0.717, 1.165) is 0 Å². The van der Waals surface area contributed by atoms with E-state index in [2.05, 4.69) is 44.2 Å². The van der Waals surface area contributed by atoms with Gasteiger partial charge in [-0.1, -0.05) is 51.1 Å². The number of hydrogen-bond acceptors (Lipinski definition) is 1. The molecule has 0 aliphatic rings. The van der Waals surface area contributed by atoms with Gasteiger partial charge in [-0.2, -0.15) is 0 Å². The lowest BCUT2D eigenvalue weighted by molar-refractivity contribution is -0.147. The summed E-state index contributed by atoms with van der Waals surface area (Å²) in [5.74, 6) is -0.0128. The number of carboxylic acids is 1. The minimum Gasteiger partial charge on any atom is -0.481 e. The van der Waals surface area contributed by atoms with Crippen LogP contribution in [0.15, 0.2) is 30.3 Å². The molecule has 2 heteroatoms. The Balaban J connectivity index is 0.000000331. The van der Waals surface area contributed by atoms with Crippen LogP contribution >= 0.6 is 0 Å². The van der Waals surface area contributed by atoms with Gasteiger partial charge < -0.3 is 5.11 Å². The Morgan fingerprint density at radius 3 is 2.00 bits per heavy atom. The van der Waals surface area contributed by atoms with Gasteiger partial charge in [0.05, 0.1) is 5.41 Å². The first-order valence-electron chi connectivity index (χ1n) is 6.63. The average Bonchev–Trinajstić information content (AvgIpc) is 2.39. The molecule has 2 nitrogen and oxygen atoms in total. The summed E-state index contributed by atoms with van der Waals surface area (Å²) in [4.78, 5) is 10.3. The van der Waals surface area contributed by atoms with Crippen LogP contribution in [0.4, 0.5) is 0 Å². The molecule has 0 spiro atoms. The summed E-state index contributed by atoms with van der Waals surface area (Å²) >= 11 is 0. The highest BCUT2D eigenvalue weighted by molar-refractivity contribution is 5.73. The molecule has 1 rings (SSSR count). The molecule has 18 heavy (non-hydrogen) atoms. The number of carbonyl (C=O) groups is 1. The third-order valence-electron chi connectivity index (χ3n) is 3.44. The van der Waals surface area contributed by atoms with Crippen molar-refractivity contribution in [3.8, 4) is 0 Å². The fraction of sp³-hybridized carbons (Fsp3) is 0.562. The Bertz CT molecular complexity index is 341. The number of rotatable bonds is 4. The molecule has 0 aromatic heterocycles. The summed E-state index contributed by atoms with van der Waals surface area (Å²) in [7, 11) is 0. The summed E-state index contributed by atoms with van der Waals surface area (Å²) in [5.41, 5.74) is 0.907. The zero-order valence-corrected chi connectivity index (χ0v) is 12.2. The first kappa shape index (κ1) is 16.7. The molecule has 0 heterocycles. The maximum absolute atomic E-state index is 10.3. The maximum atomic E-state index is 10.3. The van der Waals surface area contributed by atoms with Crippen molar-refractivity contribution < 1.29 is 9.90 Å². The summed E-state index contributed by atoms with van der Waals surface area (Å²) in [6.07, 6.45) is 1.91. The summed E-state index contributed by atoms with van der Waals surface area (Å²) in [6.45, 7) is 9.78. The predicted octanol–water partition coefficient (Wildman–Crippen LogP) is 4.71. The van der Waals surface area contributed by atoms with E-state index in [1.54, 1.807) is 13.8 Å². The van der Waals surface area contributed by atoms with Crippen molar-refractivity contribution >= 4 is 5.97 Å². The Labute approximate surface area is 111 Å². The van der Waals surface area contributed by atoms with Crippen LogP contribution in [-0.4, -0.2) is 11.1 Å². The van der Waals surface area contributed by atoms with Gasteiger partial charge in [-0.05, 0) is 38.2 Å². The minimum absolute atomic E-state index is 0.542. The fourth-order valence-electron chi connectivity index (χ4n) is 1.17. The molecule has 0 radical (unpaired) electrons. The lowest BCUT2D eigenvalue weighted by Crippen LogP contribution is -2.21. The fourth-order valence-corrected chi connectivity index (χ4v) is 1.17. The Morgan fingerprint density at radius 1 is 1.22 bits per heavy atom. The van der Waals surface area contributed by atoms with E-state index in [-0.39, 0.29) is 0 Å². The Morgan fingerprint density at radius 2 is 1.72 bits per heavy atom. The maximum Gasteiger partial charge on any atom is 0.309 e. The molecule has 1 N–H and O–H groups in total. The van der Waals surface area contributed by atoms with Crippen molar-refractivity contribution in [2.75, 3.05) is 0 Å². The quantitative estimate of drug-likeness (QED) is 0.840. The van der Waals surface area contributed by atoms with Gasteiger partial charge in [0.15, 0.2) is 0 Å². The topological polar surface area (TPSA) is 37.3 Å². The second-order valence-corrected chi connectivity index (χ2v) is 5.26. The highest BCUT2D eigenvalue weighted by Crippen LogP contribution is 2.18. The lowest BCUT2D eigenvalue weighted by Gasteiger charge is -2.14. The van der Waals surface area contributed by atoms with Crippen LogP contribution in [0.2, 0.25) is 0 Å². The molecular formula is C16H26O2. The third kappa shape index (κ3) is 5.85. The van der Waals surface area contributed by atoms with Crippen LogP contribution in [0.25, 0.3) is 0 Å². The molecule has 0 fully saturated rings. The van der Waals surface area contributed by atoms with Crippen LogP contribution in [0.5, 0.6) is 0 Å². The van der Waals surface area contributed by atoms with Crippen LogP contribution < -0.4 is 0 Å². The molecule has 0 saturated heterocycles. The Kier molecular flexibility index (Phi) is 7.33. The monoisotopic (exact) mass is 250 g/mol. The zero-order chi connectivity index (χ0) is 14.2. The first-order chi connectivity index (χ1) is 8.35. The number of carboxylic acid groups (broad SMARTS) is 1. The molecule has 1 atom stereocenters. The third-order valence-corrected chi connectivity index (χ3v) is 3.44. The molecule has 0 saturated carbocycles. The van der Waals surface area contributed by atoms with E-state index in [1.807, 2.05) is 6.92 Å². The molecule has 0 aliphatic heterocycles. The number of hydrogen-bond donors (Lipinski definition) is 1. The van der Waals surface area contributed by atoms with Gasteiger partial charge in [0.2, 0.25) is 0 Å². The van der Waals surface area contributed by atoms with E-state index in [9.17, 15) is 4.79 Å². The standard InChI is InChI=1S/C10H14.C6H12O2/c1-3-9(2)10-7-5-4-6-8-10;1-4-6(2,3)5(7)8/h4-9H,3H2,1-2H3;4H2,1-3H3,(H,7,8). The zero-order valence-electron chi connectivity index (χ0n) is 12.2. The van der Waals surface area contributed by atoms with Crippen molar-refractivity contribution in [2.24, 2.45) is 5.41 Å². The molecule has 102 valence electrons. The first-order valence-corrected chi connectivity index (χ1v) is 6.63. The van der Waals surface area contributed by atoms with Crippen molar-refractivity contribution in [1.82, 2.24) is 0 Å². The van der Waals surface area contributed by atoms with E-state index in [1.165, 1.54) is 12.0 Å². The van der Waals surface area contributed by atoms with Crippen LogP contribution in [0.3, 0.4) is 0 Å². The molecule has 0 aliphatic carbocycles.